The normalized spacial score (nSPS) is 14.9. The lowest BCUT2D eigenvalue weighted by Gasteiger charge is -2.22. The number of carbonyl (C=O) groups excluding carboxylic acids is 2. The van der Waals surface area contributed by atoms with Gasteiger partial charge in [0.1, 0.15) is 0 Å². The van der Waals surface area contributed by atoms with Gasteiger partial charge in [0.2, 0.25) is 5.91 Å². The number of hydrogen-bond donors (Lipinski definition) is 4. The van der Waals surface area contributed by atoms with Crippen molar-refractivity contribution < 1.29 is 9.59 Å². The number of aromatic amines is 1. The zero-order valence-corrected chi connectivity index (χ0v) is 14.8. The Morgan fingerprint density at radius 3 is 2.88 bits per heavy atom. The number of carbonyl (C=O) groups is 2. The van der Waals surface area contributed by atoms with Gasteiger partial charge in [-0.3, -0.25) is 4.79 Å². The highest BCUT2D eigenvalue weighted by Gasteiger charge is 2.15. The summed E-state index contributed by atoms with van der Waals surface area (Å²) in [5, 5.41) is 10.9. The Balaban J connectivity index is 1.36. The number of nitrogens with one attached hydrogen (secondary N) is 4. The van der Waals surface area contributed by atoms with Crippen LogP contribution in [-0.4, -0.2) is 34.5 Å². The number of urea groups is 1. The van der Waals surface area contributed by atoms with Gasteiger partial charge in [-0.2, -0.15) is 0 Å². The molecule has 8 heteroatoms. The van der Waals surface area contributed by atoms with Crippen molar-refractivity contribution in [3.8, 4) is 11.4 Å². The van der Waals surface area contributed by atoms with Crippen LogP contribution in [0.3, 0.4) is 0 Å². The molecule has 1 saturated carbocycles. The van der Waals surface area contributed by atoms with Gasteiger partial charge in [0.05, 0.1) is 11.4 Å². The molecule has 1 fully saturated rings. The summed E-state index contributed by atoms with van der Waals surface area (Å²) < 4.78 is 0. The first kappa shape index (κ1) is 17.5. The minimum absolute atomic E-state index is 0.162. The molecule has 0 atom stereocenters. The Labute approximate surface area is 150 Å². The minimum atomic E-state index is -0.192. The quantitative estimate of drug-likeness (QED) is 0.636. The molecule has 0 aromatic carbocycles. The second-order valence-electron chi connectivity index (χ2n) is 6.16. The van der Waals surface area contributed by atoms with Crippen LogP contribution in [0.4, 0.5) is 9.93 Å². The number of hydrogen-bond acceptors (Lipinski definition) is 4. The van der Waals surface area contributed by atoms with E-state index < -0.39 is 0 Å². The van der Waals surface area contributed by atoms with Crippen LogP contribution in [0.5, 0.6) is 0 Å². The summed E-state index contributed by atoms with van der Waals surface area (Å²) in [6, 6.07) is 3.90. The predicted octanol–water partition coefficient (Wildman–Crippen LogP) is 3.10. The zero-order chi connectivity index (χ0) is 17.5. The molecular formula is C17H23N5O2S. The topological polar surface area (TPSA) is 98.9 Å². The largest absolute Gasteiger partial charge is 0.360 e. The van der Waals surface area contributed by atoms with Crippen molar-refractivity contribution in [1.82, 2.24) is 20.6 Å². The molecule has 2 aromatic heterocycles. The van der Waals surface area contributed by atoms with Crippen LogP contribution in [0.2, 0.25) is 0 Å². The van der Waals surface area contributed by atoms with Crippen LogP contribution in [0.15, 0.2) is 23.7 Å². The molecule has 0 bridgehead atoms. The second-order valence-corrected chi connectivity index (χ2v) is 7.01. The average molecular weight is 361 g/mol. The van der Waals surface area contributed by atoms with E-state index in [1.807, 2.05) is 23.7 Å². The number of rotatable bonds is 6. The molecule has 4 N–H and O–H groups in total. The summed E-state index contributed by atoms with van der Waals surface area (Å²) in [4.78, 5) is 31.2. The van der Waals surface area contributed by atoms with E-state index in [1.165, 1.54) is 30.6 Å². The molecule has 0 saturated heterocycles. The van der Waals surface area contributed by atoms with Crippen LogP contribution in [0.25, 0.3) is 11.4 Å². The molecule has 2 aromatic rings. The SMILES string of the molecule is O=C(CCNC(=O)NC1CCCCC1)Nc1nc(-c2ccc[nH]2)cs1. The summed E-state index contributed by atoms with van der Waals surface area (Å²) in [5.41, 5.74) is 1.72. The van der Waals surface area contributed by atoms with Crippen molar-refractivity contribution in [2.24, 2.45) is 0 Å². The molecule has 2 heterocycles. The van der Waals surface area contributed by atoms with E-state index in [9.17, 15) is 9.59 Å². The number of amides is 3. The van der Waals surface area contributed by atoms with Crippen LogP contribution < -0.4 is 16.0 Å². The fourth-order valence-electron chi connectivity index (χ4n) is 2.90. The minimum Gasteiger partial charge on any atom is -0.360 e. The smallest absolute Gasteiger partial charge is 0.315 e. The molecule has 0 aliphatic heterocycles. The Bertz CT molecular complexity index is 692. The maximum absolute atomic E-state index is 12.0. The molecular weight excluding hydrogens is 338 g/mol. The lowest BCUT2D eigenvalue weighted by Crippen LogP contribution is -2.43. The van der Waals surface area contributed by atoms with E-state index in [-0.39, 0.29) is 24.4 Å². The molecule has 1 aliphatic rings. The molecule has 25 heavy (non-hydrogen) atoms. The van der Waals surface area contributed by atoms with E-state index in [0.29, 0.717) is 11.7 Å². The number of H-pyrrole nitrogens is 1. The third kappa shape index (κ3) is 5.32. The van der Waals surface area contributed by atoms with Gasteiger partial charge >= 0.3 is 6.03 Å². The average Bonchev–Trinajstić information content (AvgIpc) is 3.27. The Hall–Kier alpha value is -2.35. The number of nitrogens with zero attached hydrogens (tertiary/aromatic N) is 1. The van der Waals surface area contributed by atoms with Gasteiger partial charge in [-0.05, 0) is 25.0 Å². The Kier molecular flexibility index (Phi) is 6.05. The predicted molar refractivity (Wildman–Crippen MR) is 98.6 cm³/mol. The summed E-state index contributed by atoms with van der Waals surface area (Å²) in [5.74, 6) is -0.162. The fourth-order valence-corrected chi connectivity index (χ4v) is 3.63. The summed E-state index contributed by atoms with van der Waals surface area (Å²) in [6.45, 7) is 0.305. The maximum atomic E-state index is 12.0. The van der Waals surface area contributed by atoms with Gasteiger partial charge < -0.3 is 20.9 Å². The fraction of sp³-hybridized carbons (Fsp3) is 0.471. The van der Waals surface area contributed by atoms with Crippen LogP contribution >= 0.6 is 11.3 Å². The van der Waals surface area contributed by atoms with Gasteiger partial charge in [-0.1, -0.05) is 19.3 Å². The van der Waals surface area contributed by atoms with Gasteiger partial charge in [0.25, 0.3) is 0 Å². The van der Waals surface area contributed by atoms with Crippen molar-refractivity contribution >= 4 is 28.4 Å². The number of aromatic nitrogens is 2. The van der Waals surface area contributed by atoms with Crippen molar-refractivity contribution in [3.05, 3.63) is 23.7 Å². The summed E-state index contributed by atoms with van der Waals surface area (Å²) >= 11 is 1.38. The number of thiazole rings is 1. The molecule has 0 unspecified atom stereocenters. The van der Waals surface area contributed by atoms with Crippen LogP contribution in [0.1, 0.15) is 38.5 Å². The van der Waals surface area contributed by atoms with Crippen molar-refractivity contribution in [2.45, 2.75) is 44.6 Å². The van der Waals surface area contributed by atoms with E-state index in [4.69, 9.17) is 0 Å². The highest BCUT2D eigenvalue weighted by Crippen LogP contribution is 2.23. The molecule has 7 nitrogen and oxygen atoms in total. The monoisotopic (exact) mass is 361 g/mol. The van der Waals surface area contributed by atoms with Gasteiger partial charge in [0.15, 0.2) is 5.13 Å². The van der Waals surface area contributed by atoms with E-state index in [1.54, 1.807) is 0 Å². The molecule has 134 valence electrons. The standard InChI is InChI=1S/C17H23N5O2S/c23-15(8-10-19-16(24)20-12-5-2-1-3-6-12)22-17-21-14(11-25-17)13-7-4-9-18-13/h4,7,9,11-12,18H,1-3,5-6,8,10H2,(H2,19,20,24)(H,21,22,23). The second kappa shape index (κ2) is 8.66. The van der Waals surface area contributed by atoms with Crippen LogP contribution in [0, 0.1) is 0 Å². The molecule has 3 amide bonds. The lowest BCUT2D eigenvalue weighted by atomic mass is 9.96. The molecule has 3 rings (SSSR count). The molecule has 0 radical (unpaired) electrons. The molecule has 1 aliphatic carbocycles. The summed E-state index contributed by atoms with van der Waals surface area (Å²) in [6.07, 6.45) is 7.73. The van der Waals surface area contributed by atoms with Crippen molar-refractivity contribution in [1.29, 1.82) is 0 Å². The molecule has 0 spiro atoms. The first-order valence-corrected chi connectivity index (χ1v) is 9.52. The first-order chi connectivity index (χ1) is 12.2. The highest BCUT2D eigenvalue weighted by atomic mass is 32.1. The van der Waals surface area contributed by atoms with Crippen molar-refractivity contribution in [2.75, 3.05) is 11.9 Å². The third-order valence-electron chi connectivity index (χ3n) is 4.20. The number of anilines is 1. The van der Waals surface area contributed by atoms with Gasteiger partial charge in [0, 0.05) is 30.6 Å². The lowest BCUT2D eigenvalue weighted by molar-refractivity contribution is -0.116. The summed E-state index contributed by atoms with van der Waals surface area (Å²) in [7, 11) is 0. The Morgan fingerprint density at radius 1 is 1.28 bits per heavy atom. The first-order valence-electron chi connectivity index (χ1n) is 8.64. The van der Waals surface area contributed by atoms with E-state index in [0.717, 1.165) is 24.2 Å². The van der Waals surface area contributed by atoms with Gasteiger partial charge in [-0.15, -0.1) is 11.3 Å². The maximum Gasteiger partial charge on any atom is 0.315 e. The van der Waals surface area contributed by atoms with E-state index in [2.05, 4.69) is 25.9 Å². The highest BCUT2D eigenvalue weighted by molar-refractivity contribution is 7.14. The van der Waals surface area contributed by atoms with E-state index >= 15 is 0 Å². The zero-order valence-electron chi connectivity index (χ0n) is 14.0. The Morgan fingerprint density at radius 2 is 2.12 bits per heavy atom. The van der Waals surface area contributed by atoms with Gasteiger partial charge in [-0.25, -0.2) is 9.78 Å². The van der Waals surface area contributed by atoms with Crippen LogP contribution in [-0.2, 0) is 4.79 Å². The third-order valence-corrected chi connectivity index (χ3v) is 4.96. The van der Waals surface area contributed by atoms with Crippen molar-refractivity contribution in [3.63, 3.8) is 0 Å².